The number of carboxylic acids is 2. The Bertz CT molecular complexity index is 2150. The lowest BCUT2D eigenvalue weighted by atomic mass is 9.95. The van der Waals surface area contributed by atoms with E-state index in [1.54, 1.807) is 24.3 Å². The van der Waals surface area contributed by atoms with Crippen molar-refractivity contribution in [1.82, 2.24) is 9.21 Å². The van der Waals surface area contributed by atoms with Gasteiger partial charge in [0.25, 0.3) is 11.8 Å². The minimum absolute atomic E-state index is 0.00972. The molecule has 2 fully saturated rings. The van der Waals surface area contributed by atoms with Crippen molar-refractivity contribution >= 4 is 55.8 Å². The number of amides is 2. The van der Waals surface area contributed by atoms with Crippen molar-refractivity contribution in [2.45, 2.75) is 43.4 Å². The molecule has 2 aliphatic heterocycles. The summed E-state index contributed by atoms with van der Waals surface area (Å²) in [4.78, 5) is 52.7. The standard InChI is InChI=1S/C39H40N4O8S2/c44-34(45)23-42-19-28-21-43(22-29(28)20-42)53(50,51)31-5-3-4-27(18-31)36(46)41-38-35(32-6-1-2-7-33(32)52-38)37(47)40-30-16-12-25(13-17-30)9-8-24-10-14-26(15-11-24)39(48)49/h3-5,10-18,28-29H,1-2,6-9,19-23H2,(H,40,47)(H,41,46)(H,44,45)(H,48,49). The first-order valence-electron chi connectivity index (χ1n) is 17.7. The Labute approximate surface area is 311 Å². The third kappa shape index (κ3) is 8.05. The smallest absolute Gasteiger partial charge is 0.335 e. The Hall–Kier alpha value is -4.89. The van der Waals surface area contributed by atoms with Crippen LogP contribution in [0.4, 0.5) is 10.7 Å². The zero-order valence-electron chi connectivity index (χ0n) is 28.9. The summed E-state index contributed by atoms with van der Waals surface area (Å²) in [7, 11) is -3.90. The van der Waals surface area contributed by atoms with Crippen molar-refractivity contribution in [1.29, 1.82) is 0 Å². The van der Waals surface area contributed by atoms with Crippen LogP contribution in [0.3, 0.4) is 0 Å². The number of benzene rings is 3. The highest BCUT2D eigenvalue weighted by molar-refractivity contribution is 7.89. The van der Waals surface area contributed by atoms with E-state index in [-0.39, 0.29) is 40.3 Å². The first kappa shape index (κ1) is 36.5. The number of hydrogen-bond donors (Lipinski definition) is 4. The molecule has 3 heterocycles. The van der Waals surface area contributed by atoms with E-state index in [0.717, 1.165) is 60.1 Å². The van der Waals surface area contributed by atoms with Gasteiger partial charge in [0.1, 0.15) is 5.00 Å². The van der Waals surface area contributed by atoms with Gasteiger partial charge in [-0.05, 0) is 110 Å². The highest BCUT2D eigenvalue weighted by Crippen LogP contribution is 2.39. The number of thiophene rings is 1. The number of sulfonamides is 1. The number of hydrogen-bond acceptors (Lipinski definition) is 8. The molecular formula is C39H40N4O8S2. The third-order valence-electron chi connectivity index (χ3n) is 10.4. The molecule has 0 spiro atoms. The van der Waals surface area contributed by atoms with Gasteiger partial charge in [0.15, 0.2) is 0 Å². The number of carbonyl (C=O) groups is 4. The van der Waals surface area contributed by atoms with E-state index in [1.807, 2.05) is 41.3 Å². The molecule has 12 nitrogen and oxygen atoms in total. The lowest BCUT2D eigenvalue weighted by Crippen LogP contribution is -2.35. The average Bonchev–Trinajstić information content (AvgIpc) is 3.83. The van der Waals surface area contributed by atoms with Crippen LogP contribution in [0.5, 0.6) is 0 Å². The molecule has 0 saturated carbocycles. The molecule has 2 atom stereocenters. The fourth-order valence-corrected chi connectivity index (χ4v) is 10.5. The van der Waals surface area contributed by atoms with Crippen molar-refractivity contribution in [3.05, 3.63) is 111 Å². The number of rotatable bonds is 12. The second-order valence-electron chi connectivity index (χ2n) is 14.0. The van der Waals surface area contributed by atoms with Gasteiger partial charge < -0.3 is 20.8 Å². The maximum Gasteiger partial charge on any atom is 0.335 e. The molecule has 14 heteroatoms. The lowest BCUT2D eigenvalue weighted by Gasteiger charge is -2.20. The number of carbonyl (C=O) groups excluding carboxylic acids is 2. The van der Waals surface area contributed by atoms with Gasteiger partial charge in [-0.1, -0.05) is 30.3 Å². The van der Waals surface area contributed by atoms with Gasteiger partial charge >= 0.3 is 11.9 Å². The Morgan fingerprint density at radius 3 is 2.04 bits per heavy atom. The predicted octanol–water partition coefficient (Wildman–Crippen LogP) is 5.25. The van der Waals surface area contributed by atoms with Crippen molar-refractivity contribution < 1.29 is 37.8 Å². The Kier molecular flexibility index (Phi) is 10.5. The summed E-state index contributed by atoms with van der Waals surface area (Å²) in [5, 5.41) is 24.6. The van der Waals surface area contributed by atoms with Crippen LogP contribution in [0.1, 0.15) is 65.5 Å². The van der Waals surface area contributed by atoms with E-state index in [2.05, 4.69) is 10.6 Å². The van der Waals surface area contributed by atoms with Crippen molar-refractivity contribution in [2.24, 2.45) is 11.8 Å². The summed E-state index contributed by atoms with van der Waals surface area (Å²) in [6.07, 6.45) is 4.92. The molecule has 1 aliphatic carbocycles. The molecule has 1 aromatic heterocycles. The fraction of sp³-hybridized carbons (Fsp3) is 0.333. The zero-order valence-corrected chi connectivity index (χ0v) is 30.5. The number of aromatic carboxylic acids is 1. The maximum atomic E-state index is 13.8. The number of aryl methyl sites for hydroxylation is 3. The van der Waals surface area contributed by atoms with Crippen LogP contribution in [0.2, 0.25) is 0 Å². The van der Waals surface area contributed by atoms with E-state index in [9.17, 15) is 27.6 Å². The summed E-state index contributed by atoms with van der Waals surface area (Å²) >= 11 is 1.38. The quantitative estimate of drug-likeness (QED) is 0.151. The molecule has 3 aromatic carbocycles. The summed E-state index contributed by atoms with van der Waals surface area (Å²) < 4.78 is 28.8. The molecule has 4 aromatic rings. The zero-order chi connectivity index (χ0) is 37.3. The van der Waals surface area contributed by atoms with E-state index in [1.165, 1.54) is 27.8 Å². The van der Waals surface area contributed by atoms with Crippen molar-refractivity contribution in [2.75, 3.05) is 43.4 Å². The highest BCUT2D eigenvalue weighted by Gasteiger charge is 2.44. The Morgan fingerprint density at radius 1 is 0.755 bits per heavy atom. The van der Waals surface area contributed by atoms with Gasteiger partial charge in [-0.3, -0.25) is 19.3 Å². The summed E-state index contributed by atoms with van der Waals surface area (Å²) in [6.45, 7) is 1.60. The first-order valence-corrected chi connectivity index (χ1v) is 19.9. The molecular weight excluding hydrogens is 717 g/mol. The maximum absolute atomic E-state index is 13.8. The number of fused-ring (bicyclic) bond motifs is 2. The molecule has 0 radical (unpaired) electrons. The van der Waals surface area contributed by atoms with Gasteiger partial charge in [-0.25, -0.2) is 13.2 Å². The fourth-order valence-electron chi connectivity index (χ4n) is 7.63. The molecule has 3 aliphatic rings. The molecule has 53 heavy (non-hydrogen) atoms. The van der Waals surface area contributed by atoms with Crippen LogP contribution < -0.4 is 10.6 Å². The minimum atomic E-state index is -3.90. The summed E-state index contributed by atoms with van der Waals surface area (Å²) in [5.74, 6) is -2.59. The van der Waals surface area contributed by atoms with Gasteiger partial charge in [-0.2, -0.15) is 4.31 Å². The third-order valence-corrected chi connectivity index (χ3v) is 13.4. The minimum Gasteiger partial charge on any atom is -0.480 e. The van der Waals surface area contributed by atoms with Crippen LogP contribution in [0.15, 0.2) is 77.7 Å². The van der Waals surface area contributed by atoms with E-state index < -0.39 is 27.9 Å². The molecule has 276 valence electrons. The highest BCUT2D eigenvalue weighted by atomic mass is 32.2. The monoisotopic (exact) mass is 756 g/mol. The summed E-state index contributed by atoms with van der Waals surface area (Å²) in [6, 6.07) is 20.3. The Balaban J connectivity index is 1.02. The second kappa shape index (κ2) is 15.2. The predicted molar refractivity (Wildman–Crippen MR) is 200 cm³/mol. The summed E-state index contributed by atoms with van der Waals surface area (Å²) in [5.41, 5.74) is 4.46. The van der Waals surface area contributed by atoms with Gasteiger partial charge in [0, 0.05) is 42.3 Å². The molecule has 7 rings (SSSR count). The lowest BCUT2D eigenvalue weighted by molar-refractivity contribution is -0.138. The second-order valence-corrected chi connectivity index (χ2v) is 17.0. The molecule has 2 unspecified atom stereocenters. The molecule has 2 amide bonds. The number of aliphatic carboxylic acids is 1. The van der Waals surface area contributed by atoms with Crippen LogP contribution >= 0.6 is 11.3 Å². The molecule has 4 N–H and O–H groups in total. The van der Waals surface area contributed by atoms with Crippen LogP contribution in [0, 0.1) is 11.8 Å². The largest absolute Gasteiger partial charge is 0.480 e. The Morgan fingerprint density at radius 2 is 1.40 bits per heavy atom. The molecule has 0 bridgehead atoms. The van der Waals surface area contributed by atoms with Crippen LogP contribution in [-0.4, -0.2) is 84.3 Å². The molecule has 2 saturated heterocycles. The number of carboxylic acid groups (broad SMARTS) is 2. The number of likely N-dealkylation sites (tertiary alicyclic amines) is 1. The van der Waals surface area contributed by atoms with Crippen molar-refractivity contribution in [3.63, 3.8) is 0 Å². The normalized spacial score (nSPS) is 18.6. The van der Waals surface area contributed by atoms with Crippen LogP contribution in [0.25, 0.3) is 0 Å². The number of nitrogens with one attached hydrogen (secondary N) is 2. The van der Waals surface area contributed by atoms with Crippen molar-refractivity contribution in [3.8, 4) is 0 Å². The van der Waals surface area contributed by atoms with Gasteiger partial charge in [0.05, 0.1) is 22.6 Å². The number of anilines is 2. The SMILES string of the molecule is O=C(O)CN1CC2CN(S(=O)(=O)c3cccc(C(=O)Nc4sc5c(c4C(=O)Nc4ccc(CCc6ccc(C(=O)O)cc6)cc4)CCCC5)c3)CC2C1. The van der Waals surface area contributed by atoms with E-state index in [4.69, 9.17) is 10.2 Å². The first-order chi connectivity index (χ1) is 25.4. The average molecular weight is 757 g/mol. The van der Waals surface area contributed by atoms with E-state index >= 15 is 0 Å². The van der Waals surface area contributed by atoms with Gasteiger partial charge in [0.2, 0.25) is 10.0 Å². The van der Waals surface area contributed by atoms with Gasteiger partial charge in [-0.15, -0.1) is 11.3 Å². The van der Waals surface area contributed by atoms with E-state index in [0.29, 0.717) is 42.4 Å². The van der Waals surface area contributed by atoms with Crippen LogP contribution in [-0.2, 0) is 40.5 Å². The number of nitrogens with zero attached hydrogens (tertiary/aromatic N) is 2. The topological polar surface area (TPSA) is 173 Å².